The zero-order valence-electron chi connectivity index (χ0n) is 16.5. The fraction of sp³-hybridized carbons (Fsp3) is 0.591. The number of hydrogen-bond acceptors (Lipinski definition) is 3. The van der Waals surface area contributed by atoms with Crippen LogP contribution < -0.4 is 5.32 Å². The third-order valence-electron chi connectivity index (χ3n) is 5.79. The Labute approximate surface area is 163 Å². The molecule has 1 aromatic carbocycles. The molecule has 5 nitrogen and oxygen atoms in total. The lowest BCUT2D eigenvalue weighted by Crippen LogP contribution is -2.42. The minimum atomic E-state index is 0.0443. The molecule has 27 heavy (non-hydrogen) atoms. The Morgan fingerprint density at radius 3 is 2.56 bits per heavy atom. The molecule has 0 saturated carbocycles. The second kappa shape index (κ2) is 9.79. The van der Waals surface area contributed by atoms with E-state index in [1.807, 2.05) is 17.0 Å². The van der Waals surface area contributed by atoms with Gasteiger partial charge >= 0.3 is 6.03 Å². The van der Waals surface area contributed by atoms with Gasteiger partial charge in [-0.25, -0.2) is 4.79 Å². The zero-order valence-corrected chi connectivity index (χ0v) is 16.5. The molecule has 148 valence electrons. The molecule has 0 atom stereocenters. The summed E-state index contributed by atoms with van der Waals surface area (Å²) in [4.78, 5) is 16.8. The number of aromatic hydroxyl groups is 1. The molecular formula is C22H33N3O2. The number of phenolic OH excluding ortho intramolecular Hbond substituents is 1. The van der Waals surface area contributed by atoms with Gasteiger partial charge in [0, 0.05) is 19.6 Å². The summed E-state index contributed by atoms with van der Waals surface area (Å²) in [5.41, 5.74) is 2.37. The summed E-state index contributed by atoms with van der Waals surface area (Å²) in [6, 6.07) is 7.32. The Morgan fingerprint density at radius 2 is 1.89 bits per heavy atom. The summed E-state index contributed by atoms with van der Waals surface area (Å²) < 4.78 is 0. The normalized spacial score (nSPS) is 19.0. The summed E-state index contributed by atoms with van der Waals surface area (Å²) in [6.07, 6.45) is 7.81. The van der Waals surface area contributed by atoms with E-state index in [1.54, 1.807) is 12.1 Å². The maximum atomic E-state index is 12.3. The third kappa shape index (κ3) is 5.99. The second-order valence-corrected chi connectivity index (χ2v) is 7.94. The Hall–Kier alpha value is -2.01. The Bertz CT molecular complexity index is 633. The number of amides is 2. The van der Waals surface area contributed by atoms with Gasteiger partial charge in [0.25, 0.3) is 0 Å². The Balaban J connectivity index is 1.32. The predicted molar refractivity (Wildman–Crippen MR) is 110 cm³/mol. The maximum Gasteiger partial charge on any atom is 0.317 e. The molecule has 3 rings (SSSR count). The molecule has 5 heteroatoms. The molecular weight excluding hydrogens is 338 g/mol. The van der Waals surface area contributed by atoms with Crippen LogP contribution in [0, 0.1) is 5.92 Å². The summed E-state index contributed by atoms with van der Waals surface area (Å²) >= 11 is 0. The highest BCUT2D eigenvalue weighted by Crippen LogP contribution is 2.24. The van der Waals surface area contributed by atoms with Crippen LogP contribution >= 0.6 is 0 Å². The van der Waals surface area contributed by atoms with E-state index in [0.29, 0.717) is 6.54 Å². The van der Waals surface area contributed by atoms with Crippen LogP contribution in [0.15, 0.2) is 30.3 Å². The number of hydrogen-bond donors (Lipinski definition) is 2. The van der Waals surface area contributed by atoms with Gasteiger partial charge in [-0.2, -0.15) is 0 Å². The Morgan fingerprint density at radius 1 is 1.15 bits per heavy atom. The molecule has 0 radical (unpaired) electrons. The van der Waals surface area contributed by atoms with Gasteiger partial charge < -0.3 is 20.2 Å². The van der Waals surface area contributed by atoms with E-state index >= 15 is 0 Å². The van der Waals surface area contributed by atoms with E-state index in [0.717, 1.165) is 50.4 Å². The molecule has 2 aliphatic rings. The van der Waals surface area contributed by atoms with Gasteiger partial charge in [-0.3, -0.25) is 0 Å². The standard InChI is InChI=1S/C22H33N3O2/c1-18-8-14-24(15-9-18)13-3-2-12-23-22(27)25-16-10-20(11-17-25)19-4-6-21(26)7-5-19/h4-7,10,18,26H,2-3,8-9,11-17H2,1H3,(H,23,27). The second-order valence-electron chi connectivity index (χ2n) is 7.94. The number of benzene rings is 1. The molecule has 0 aliphatic carbocycles. The lowest BCUT2D eigenvalue weighted by Gasteiger charge is -2.30. The van der Waals surface area contributed by atoms with Crippen molar-refractivity contribution in [3.63, 3.8) is 0 Å². The van der Waals surface area contributed by atoms with Crippen LogP contribution in [0.25, 0.3) is 5.57 Å². The average Bonchev–Trinajstić information content (AvgIpc) is 2.70. The Kier molecular flexibility index (Phi) is 7.16. The molecule has 2 amide bonds. The van der Waals surface area contributed by atoms with Gasteiger partial charge in [0.1, 0.15) is 5.75 Å². The van der Waals surface area contributed by atoms with Crippen LogP contribution in [0.1, 0.15) is 44.6 Å². The van der Waals surface area contributed by atoms with Gasteiger partial charge in [-0.05, 0) is 80.9 Å². The minimum Gasteiger partial charge on any atom is -0.508 e. The first kappa shape index (κ1) is 19.7. The van der Waals surface area contributed by atoms with Crippen molar-refractivity contribution < 1.29 is 9.90 Å². The van der Waals surface area contributed by atoms with Gasteiger partial charge in [-0.15, -0.1) is 0 Å². The monoisotopic (exact) mass is 371 g/mol. The number of phenols is 1. The van der Waals surface area contributed by atoms with Crippen LogP contribution in [-0.2, 0) is 0 Å². The first-order chi connectivity index (χ1) is 13.1. The summed E-state index contributed by atoms with van der Waals surface area (Å²) in [7, 11) is 0. The van der Waals surface area contributed by atoms with Crippen molar-refractivity contribution in [3.05, 3.63) is 35.9 Å². The largest absolute Gasteiger partial charge is 0.508 e. The van der Waals surface area contributed by atoms with E-state index in [9.17, 15) is 9.90 Å². The SMILES string of the molecule is CC1CCN(CCCCNC(=O)N2CC=C(c3ccc(O)cc3)CC2)CC1. The molecule has 2 heterocycles. The van der Waals surface area contributed by atoms with E-state index in [1.165, 1.54) is 31.5 Å². The summed E-state index contributed by atoms with van der Waals surface area (Å²) in [5, 5.41) is 12.5. The minimum absolute atomic E-state index is 0.0443. The topological polar surface area (TPSA) is 55.8 Å². The van der Waals surface area contributed by atoms with Crippen molar-refractivity contribution in [1.29, 1.82) is 0 Å². The quantitative estimate of drug-likeness (QED) is 0.750. The molecule has 2 N–H and O–H groups in total. The lowest BCUT2D eigenvalue weighted by molar-refractivity contribution is 0.188. The number of rotatable bonds is 6. The van der Waals surface area contributed by atoms with Crippen molar-refractivity contribution in [2.45, 2.75) is 39.0 Å². The smallest absolute Gasteiger partial charge is 0.317 e. The number of unbranched alkanes of at least 4 members (excludes halogenated alkanes) is 1. The van der Waals surface area contributed by atoms with Gasteiger partial charge in [0.2, 0.25) is 0 Å². The number of nitrogens with one attached hydrogen (secondary N) is 1. The lowest BCUT2D eigenvalue weighted by atomic mass is 9.99. The van der Waals surface area contributed by atoms with Crippen molar-refractivity contribution in [3.8, 4) is 5.75 Å². The first-order valence-electron chi connectivity index (χ1n) is 10.4. The van der Waals surface area contributed by atoms with E-state index < -0.39 is 0 Å². The highest BCUT2D eigenvalue weighted by molar-refractivity contribution is 5.76. The van der Waals surface area contributed by atoms with E-state index in [-0.39, 0.29) is 11.8 Å². The fourth-order valence-corrected chi connectivity index (χ4v) is 3.84. The van der Waals surface area contributed by atoms with Crippen molar-refractivity contribution in [2.75, 3.05) is 39.3 Å². The summed E-state index contributed by atoms with van der Waals surface area (Å²) in [5.74, 6) is 1.17. The average molecular weight is 372 g/mol. The van der Waals surface area contributed by atoms with E-state index in [2.05, 4.69) is 23.2 Å². The molecule has 1 saturated heterocycles. The zero-order chi connectivity index (χ0) is 19.1. The molecule has 0 unspecified atom stereocenters. The molecule has 1 aromatic rings. The highest BCUT2D eigenvalue weighted by atomic mass is 16.3. The van der Waals surface area contributed by atoms with Crippen LogP contribution in [0.5, 0.6) is 5.75 Å². The molecule has 1 fully saturated rings. The van der Waals surface area contributed by atoms with Gasteiger partial charge in [-0.1, -0.05) is 25.1 Å². The number of carbonyl (C=O) groups excluding carboxylic acids is 1. The van der Waals surface area contributed by atoms with E-state index in [4.69, 9.17) is 0 Å². The first-order valence-corrected chi connectivity index (χ1v) is 10.4. The van der Waals surface area contributed by atoms with Crippen LogP contribution in [0.2, 0.25) is 0 Å². The molecule has 2 aliphatic heterocycles. The van der Waals surface area contributed by atoms with Crippen molar-refractivity contribution in [1.82, 2.24) is 15.1 Å². The number of likely N-dealkylation sites (tertiary alicyclic amines) is 1. The van der Waals surface area contributed by atoms with Crippen LogP contribution in [-0.4, -0.2) is 60.2 Å². The maximum absolute atomic E-state index is 12.3. The van der Waals surface area contributed by atoms with Gasteiger partial charge in [0.05, 0.1) is 0 Å². The summed E-state index contributed by atoms with van der Waals surface area (Å²) in [6.45, 7) is 8.11. The molecule has 0 aromatic heterocycles. The molecule has 0 spiro atoms. The highest BCUT2D eigenvalue weighted by Gasteiger charge is 2.18. The fourth-order valence-electron chi connectivity index (χ4n) is 3.84. The number of piperidine rings is 1. The van der Waals surface area contributed by atoms with Crippen molar-refractivity contribution in [2.24, 2.45) is 5.92 Å². The van der Waals surface area contributed by atoms with Crippen molar-refractivity contribution >= 4 is 11.6 Å². The number of nitrogens with zero attached hydrogens (tertiary/aromatic N) is 2. The van der Waals surface area contributed by atoms with Gasteiger partial charge in [0.15, 0.2) is 0 Å². The predicted octanol–water partition coefficient (Wildman–Crippen LogP) is 3.70. The number of urea groups is 1. The van der Waals surface area contributed by atoms with Crippen LogP contribution in [0.3, 0.4) is 0 Å². The molecule has 0 bridgehead atoms. The van der Waals surface area contributed by atoms with Crippen LogP contribution in [0.4, 0.5) is 4.79 Å². The third-order valence-corrected chi connectivity index (χ3v) is 5.79. The number of carbonyl (C=O) groups is 1.